The number of rotatable bonds is 4. The van der Waals surface area contributed by atoms with E-state index in [9.17, 15) is 9.59 Å². The third-order valence-electron chi connectivity index (χ3n) is 5.57. The van der Waals surface area contributed by atoms with E-state index in [-0.39, 0.29) is 24.3 Å². The monoisotopic (exact) mass is 348 g/mol. The summed E-state index contributed by atoms with van der Waals surface area (Å²) in [6.45, 7) is 8.02. The SMILES string of the molecule is Cc1oc(C(C)C)cc1C(=O)N1CC[C@@]2(CCCN(CCO)C2=O)C1. The molecule has 0 unspecified atom stereocenters. The molecular formula is C19H28N2O4. The maximum atomic E-state index is 12.9. The molecule has 0 radical (unpaired) electrons. The molecule has 2 fully saturated rings. The number of piperidine rings is 1. The van der Waals surface area contributed by atoms with Gasteiger partial charge in [-0.25, -0.2) is 0 Å². The second kappa shape index (κ2) is 6.83. The highest BCUT2D eigenvalue weighted by Crippen LogP contribution is 2.40. The summed E-state index contributed by atoms with van der Waals surface area (Å²) in [5.41, 5.74) is 0.137. The Balaban J connectivity index is 1.76. The third-order valence-corrected chi connectivity index (χ3v) is 5.57. The summed E-state index contributed by atoms with van der Waals surface area (Å²) in [5.74, 6) is 1.74. The van der Waals surface area contributed by atoms with Gasteiger partial charge in [0.15, 0.2) is 0 Å². The average Bonchev–Trinajstić information content (AvgIpc) is 3.17. The number of nitrogens with zero attached hydrogens (tertiary/aromatic N) is 2. The standard InChI is InChI=1S/C19H28N2O4/c1-13(2)16-11-15(14(3)25-16)17(23)21-8-6-19(12-21)5-4-7-20(9-10-22)18(19)24/h11,13,22H,4-10,12H2,1-3H3/t19-/m0/s1. The van der Waals surface area contributed by atoms with Crippen LogP contribution in [0.5, 0.6) is 0 Å². The van der Waals surface area contributed by atoms with Crippen LogP contribution in [0.2, 0.25) is 0 Å². The Kier molecular flexibility index (Phi) is 4.91. The van der Waals surface area contributed by atoms with Crippen molar-refractivity contribution in [1.82, 2.24) is 9.80 Å². The molecular weight excluding hydrogens is 320 g/mol. The molecule has 1 atom stereocenters. The lowest BCUT2D eigenvalue weighted by atomic mass is 9.78. The summed E-state index contributed by atoms with van der Waals surface area (Å²) < 4.78 is 5.71. The Morgan fingerprint density at radius 1 is 1.36 bits per heavy atom. The number of carbonyl (C=O) groups is 2. The predicted octanol–water partition coefficient (Wildman–Crippen LogP) is 2.16. The van der Waals surface area contributed by atoms with Crippen molar-refractivity contribution in [2.45, 2.75) is 46.0 Å². The summed E-state index contributed by atoms with van der Waals surface area (Å²) in [5, 5.41) is 9.17. The Labute approximate surface area is 148 Å². The molecule has 1 aromatic rings. The molecule has 0 aliphatic carbocycles. The summed E-state index contributed by atoms with van der Waals surface area (Å²) in [6.07, 6.45) is 2.45. The average molecular weight is 348 g/mol. The summed E-state index contributed by atoms with van der Waals surface area (Å²) in [6, 6.07) is 1.84. The fourth-order valence-corrected chi connectivity index (χ4v) is 4.08. The molecule has 3 heterocycles. The van der Waals surface area contributed by atoms with Gasteiger partial charge in [-0.05, 0) is 32.3 Å². The van der Waals surface area contributed by atoms with Crippen LogP contribution in [0.3, 0.4) is 0 Å². The quantitative estimate of drug-likeness (QED) is 0.905. The van der Waals surface area contributed by atoms with Crippen LogP contribution in [0.1, 0.15) is 60.9 Å². The highest BCUT2D eigenvalue weighted by Gasteiger charge is 2.49. The van der Waals surface area contributed by atoms with Gasteiger partial charge >= 0.3 is 0 Å². The van der Waals surface area contributed by atoms with Crippen molar-refractivity contribution < 1.29 is 19.1 Å². The molecule has 1 spiro atoms. The minimum absolute atomic E-state index is 0.0172. The van der Waals surface area contributed by atoms with E-state index < -0.39 is 5.41 Å². The zero-order valence-electron chi connectivity index (χ0n) is 15.4. The molecule has 25 heavy (non-hydrogen) atoms. The maximum absolute atomic E-state index is 12.9. The van der Waals surface area contributed by atoms with E-state index in [4.69, 9.17) is 9.52 Å². The lowest BCUT2D eigenvalue weighted by molar-refractivity contribution is -0.146. The van der Waals surface area contributed by atoms with Gasteiger partial charge in [0.05, 0.1) is 17.6 Å². The fourth-order valence-electron chi connectivity index (χ4n) is 4.08. The van der Waals surface area contributed by atoms with E-state index >= 15 is 0 Å². The first-order valence-electron chi connectivity index (χ1n) is 9.18. The summed E-state index contributed by atoms with van der Waals surface area (Å²) in [7, 11) is 0. The predicted molar refractivity (Wildman–Crippen MR) is 93.4 cm³/mol. The van der Waals surface area contributed by atoms with Gasteiger partial charge < -0.3 is 19.3 Å². The van der Waals surface area contributed by atoms with Crippen LogP contribution in [0, 0.1) is 12.3 Å². The number of aliphatic hydroxyl groups is 1. The third kappa shape index (κ3) is 3.19. The van der Waals surface area contributed by atoms with Crippen molar-refractivity contribution in [3.8, 4) is 0 Å². The van der Waals surface area contributed by atoms with Crippen LogP contribution in [0.25, 0.3) is 0 Å². The summed E-state index contributed by atoms with van der Waals surface area (Å²) in [4.78, 5) is 29.3. The number of hydrogen-bond donors (Lipinski definition) is 1. The van der Waals surface area contributed by atoms with Crippen molar-refractivity contribution in [3.05, 3.63) is 23.2 Å². The van der Waals surface area contributed by atoms with E-state index in [1.54, 1.807) is 9.80 Å². The number of aryl methyl sites for hydroxylation is 1. The van der Waals surface area contributed by atoms with Gasteiger partial charge in [0, 0.05) is 32.1 Å². The highest BCUT2D eigenvalue weighted by atomic mass is 16.3. The zero-order chi connectivity index (χ0) is 18.2. The van der Waals surface area contributed by atoms with Crippen molar-refractivity contribution in [1.29, 1.82) is 0 Å². The molecule has 6 heteroatoms. The van der Waals surface area contributed by atoms with Gasteiger partial charge in [-0.3, -0.25) is 9.59 Å². The van der Waals surface area contributed by atoms with Crippen molar-refractivity contribution in [2.75, 3.05) is 32.8 Å². The largest absolute Gasteiger partial charge is 0.465 e. The Bertz CT molecular complexity index is 664. The molecule has 3 rings (SSSR count). The van der Waals surface area contributed by atoms with Crippen molar-refractivity contribution in [3.63, 3.8) is 0 Å². The number of likely N-dealkylation sites (tertiary alicyclic amines) is 2. The topological polar surface area (TPSA) is 74.0 Å². The van der Waals surface area contributed by atoms with Gasteiger partial charge in [0.1, 0.15) is 11.5 Å². The molecule has 0 bridgehead atoms. The van der Waals surface area contributed by atoms with Crippen LogP contribution in [0.4, 0.5) is 0 Å². The normalized spacial score (nSPS) is 24.0. The number of hydrogen-bond acceptors (Lipinski definition) is 4. The Morgan fingerprint density at radius 2 is 2.12 bits per heavy atom. The second-order valence-corrected chi connectivity index (χ2v) is 7.65. The smallest absolute Gasteiger partial charge is 0.257 e. The molecule has 6 nitrogen and oxygen atoms in total. The van der Waals surface area contributed by atoms with E-state index in [2.05, 4.69) is 0 Å². The molecule has 1 N–H and O–H groups in total. The van der Waals surface area contributed by atoms with Crippen LogP contribution < -0.4 is 0 Å². The lowest BCUT2D eigenvalue weighted by Crippen LogP contribution is -2.51. The van der Waals surface area contributed by atoms with Crippen LogP contribution in [-0.2, 0) is 4.79 Å². The molecule has 0 saturated carbocycles. The number of aliphatic hydroxyl groups excluding tert-OH is 1. The van der Waals surface area contributed by atoms with Crippen LogP contribution in [0.15, 0.2) is 10.5 Å². The van der Waals surface area contributed by atoms with E-state index in [1.807, 2.05) is 26.8 Å². The van der Waals surface area contributed by atoms with Crippen molar-refractivity contribution >= 4 is 11.8 Å². The minimum Gasteiger partial charge on any atom is -0.465 e. The zero-order valence-corrected chi connectivity index (χ0v) is 15.4. The number of amides is 2. The Morgan fingerprint density at radius 3 is 2.76 bits per heavy atom. The molecule has 138 valence electrons. The number of furan rings is 1. The highest BCUT2D eigenvalue weighted by molar-refractivity contribution is 5.96. The van der Waals surface area contributed by atoms with Gasteiger partial charge in [0.25, 0.3) is 5.91 Å². The van der Waals surface area contributed by atoms with Crippen molar-refractivity contribution in [2.24, 2.45) is 5.41 Å². The Hall–Kier alpha value is -1.82. The van der Waals surface area contributed by atoms with Gasteiger partial charge in [0.2, 0.25) is 5.91 Å². The maximum Gasteiger partial charge on any atom is 0.257 e. The molecule has 1 aromatic heterocycles. The van der Waals surface area contributed by atoms with E-state index in [1.165, 1.54) is 0 Å². The van der Waals surface area contributed by atoms with Crippen LogP contribution >= 0.6 is 0 Å². The molecule has 2 aliphatic rings. The minimum atomic E-state index is -0.471. The molecule has 2 amide bonds. The molecule has 2 saturated heterocycles. The molecule has 0 aromatic carbocycles. The second-order valence-electron chi connectivity index (χ2n) is 7.65. The van der Waals surface area contributed by atoms with Gasteiger partial charge in [-0.15, -0.1) is 0 Å². The molecule has 2 aliphatic heterocycles. The fraction of sp³-hybridized carbons (Fsp3) is 0.684. The van der Waals surface area contributed by atoms with E-state index in [0.717, 1.165) is 18.6 Å². The van der Waals surface area contributed by atoms with Gasteiger partial charge in [-0.2, -0.15) is 0 Å². The summed E-state index contributed by atoms with van der Waals surface area (Å²) >= 11 is 0. The lowest BCUT2D eigenvalue weighted by Gasteiger charge is -2.39. The first-order valence-corrected chi connectivity index (χ1v) is 9.18. The van der Waals surface area contributed by atoms with E-state index in [0.29, 0.717) is 43.9 Å². The van der Waals surface area contributed by atoms with Gasteiger partial charge in [-0.1, -0.05) is 13.8 Å². The number of β-amino-alcohol motifs (C(OH)–C–C–N with tert-alkyl or cyclic N) is 1. The number of carbonyl (C=O) groups excluding carboxylic acids is 2. The first kappa shape index (κ1) is 18.0. The first-order chi connectivity index (χ1) is 11.9. The van der Waals surface area contributed by atoms with Crippen LogP contribution in [-0.4, -0.2) is 59.5 Å².